The third-order valence-electron chi connectivity index (χ3n) is 6.04. The number of para-hydroxylation sites is 1. The molecule has 4 heterocycles. The molecule has 2 aliphatic rings. The van der Waals surface area contributed by atoms with Gasteiger partial charge in [0.05, 0.1) is 0 Å². The summed E-state index contributed by atoms with van der Waals surface area (Å²) >= 11 is 0. The third-order valence-corrected chi connectivity index (χ3v) is 6.04. The molecule has 164 valence electrons. The largest absolute Gasteiger partial charge is 0.422 e. The molecule has 2 saturated heterocycles. The molecule has 3 aromatic rings. The van der Waals surface area contributed by atoms with E-state index in [0.29, 0.717) is 43.6 Å². The zero-order chi connectivity index (χ0) is 22.1. The summed E-state index contributed by atoms with van der Waals surface area (Å²) in [5, 5.41) is 0.701. The fraction of sp³-hybridized carbons (Fsp3) is 0.304. The molecule has 2 unspecified atom stereocenters. The maximum absolute atomic E-state index is 13.0. The molecule has 2 atom stereocenters. The molecular formula is C23H23N5O4. The van der Waals surface area contributed by atoms with Crippen molar-refractivity contribution in [3.8, 4) is 0 Å². The zero-order valence-electron chi connectivity index (χ0n) is 17.4. The number of fused-ring (bicyclic) bond motifs is 1. The van der Waals surface area contributed by atoms with Gasteiger partial charge in [-0.25, -0.2) is 15.6 Å². The summed E-state index contributed by atoms with van der Waals surface area (Å²) < 4.78 is 5.29. The lowest BCUT2D eigenvalue weighted by molar-refractivity contribution is -0.134. The molecule has 9 nitrogen and oxygen atoms in total. The van der Waals surface area contributed by atoms with E-state index in [2.05, 4.69) is 15.8 Å². The van der Waals surface area contributed by atoms with Crippen LogP contribution in [0, 0.1) is 0 Å². The van der Waals surface area contributed by atoms with Crippen molar-refractivity contribution < 1.29 is 14.0 Å². The highest BCUT2D eigenvalue weighted by molar-refractivity contribution is 5.96. The first-order chi connectivity index (χ1) is 15.6. The smallest absolute Gasteiger partial charge is 0.349 e. The third kappa shape index (κ3) is 3.88. The normalized spacial score (nSPS) is 21.1. The number of amides is 2. The van der Waals surface area contributed by atoms with Gasteiger partial charge in [-0.3, -0.25) is 14.6 Å². The van der Waals surface area contributed by atoms with E-state index in [1.807, 2.05) is 18.2 Å². The van der Waals surface area contributed by atoms with Crippen LogP contribution in [0.4, 0.5) is 0 Å². The van der Waals surface area contributed by atoms with Crippen molar-refractivity contribution >= 4 is 22.8 Å². The van der Waals surface area contributed by atoms with E-state index >= 15 is 0 Å². The van der Waals surface area contributed by atoms with Crippen LogP contribution in [0.1, 0.15) is 28.4 Å². The quantitative estimate of drug-likeness (QED) is 0.595. The van der Waals surface area contributed by atoms with Gasteiger partial charge in [-0.1, -0.05) is 24.3 Å². The van der Waals surface area contributed by atoms with Gasteiger partial charge in [0.15, 0.2) is 0 Å². The fourth-order valence-electron chi connectivity index (χ4n) is 4.25. The molecule has 2 aliphatic heterocycles. The van der Waals surface area contributed by atoms with Gasteiger partial charge >= 0.3 is 5.63 Å². The summed E-state index contributed by atoms with van der Waals surface area (Å²) in [6, 6.07) is 12.2. The number of hydrogen-bond acceptors (Lipinski definition) is 7. The molecule has 2 amide bonds. The van der Waals surface area contributed by atoms with Crippen LogP contribution in [-0.2, 0) is 4.79 Å². The molecule has 0 saturated carbocycles. The van der Waals surface area contributed by atoms with Crippen LogP contribution in [0.15, 0.2) is 64.1 Å². The van der Waals surface area contributed by atoms with Gasteiger partial charge in [-0.05, 0) is 30.2 Å². The van der Waals surface area contributed by atoms with Crippen molar-refractivity contribution in [1.29, 1.82) is 0 Å². The second-order valence-corrected chi connectivity index (χ2v) is 8.02. The molecule has 32 heavy (non-hydrogen) atoms. The monoisotopic (exact) mass is 433 g/mol. The molecule has 2 aromatic heterocycles. The van der Waals surface area contributed by atoms with Crippen LogP contribution >= 0.6 is 0 Å². The molecule has 2 N–H and O–H groups in total. The molecule has 0 bridgehead atoms. The Kier molecular flexibility index (Phi) is 5.42. The van der Waals surface area contributed by atoms with Crippen LogP contribution < -0.4 is 16.5 Å². The number of rotatable bonds is 3. The predicted octanol–water partition coefficient (Wildman–Crippen LogP) is 1.08. The maximum Gasteiger partial charge on any atom is 0.349 e. The van der Waals surface area contributed by atoms with Crippen molar-refractivity contribution in [3.05, 3.63) is 76.4 Å². The van der Waals surface area contributed by atoms with E-state index in [-0.39, 0.29) is 29.5 Å². The number of pyridine rings is 1. The Hall–Kier alpha value is -3.56. The van der Waals surface area contributed by atoms with Crippen molar-refractivity contribution in [2.75, 3.05) is 26.2 Å². The van der Waals surface area contributed by atoms with Gasteiger partial charge in [0.2, 0.25) is 5.91 Å². The Morgan fingerprint density at radius 1 is 1.00 bits per heavy atom. The molecule has 0 aliphatic carbocycles. The van der Waals surface area contributed by atoms with E-state index < -0.39 is 5.63 Å². The van der Waals surface area contributed by atoms with Gasteiger partial charge in [0.25, 0.3) is 5.91 Å². The number of benzene rings is 1. The van der Waals surface area contributed by atoms with E-state index in [1.54, 1.807) is 46.5 Å². The average molecular weight is 433 g/mol. The summed E-state index contributed by atoms with van der Waals surface area (Å²) in [4.78, 5) is 45.7. The minimum atomic E-state index is -0.644. The van der Waals surface area contributed by atoms with Crippen LogP contribution in [0.25, 0.3) is 11.0 Å². The second-order valence-electron chi connectivity index (χ2n) is 8.02. The van der Waals surface area contributed by atoms with Gasteiger partial charge in [-0.15, -0.1) is 0 Å². The van der Waals surface area contributed by atoms with Crippen LogP contribution in [0.5, 0.6) is 0 Å². The lowest BCUT2D eigenvalue weighted by Crippen LogP contribution is -2.55. The Bertz CT molecular complexity index is 1200. The second kappa shape index (κ2) is 8.52. The predicted molar refractivity (Wildman–Crippen MR) is 117 cm³/mol. The number of aromatic nitrogens is 1. The number of hydrazine groups is 1. The molecule has 1 aromatic carbocycles. The van der Waals surface area contributed by atoms with Crippen molar-refractivity contribution in [1.82, 2.24) is 25.6 Å². The molecular weight excluding hydrogens is 410 g/mol. The summed E-state index contributed by atoms with van der Waals surface area (Å²) in [7, 11) is 0. The van der Waals surface area contributed by atoms with Crippen LogP contribution in [-0.4, -0.2) is 58.8 Å². The van der Waals surface area contributed by atoms with E-state index in [4.69, 9.17) is 4.42 Å². The molecule has 0 radical (unpaired) electrons. The lowest BCUT2D eigenvalue weighted by atomic mass is 10.0. The minimum Gasteiger partial charge on any atom is -0.422 e. The number of piperazine rings is 1. The fourth-order valence-corrected chi connectivity index (χ4v) is 4.25. The van der Waals surface area contributed by atoms with Crippen molar-refractivity contribution in [2.45, 2.75) is 18.5 Å². The Morgan fingerprint density at radius 2 is 1.78 bits per heavy atom. The first-order valence-electron chi connectivity index (χ1n) is 10.6. The highest BCUT2D eigenvalue weighted by Gasteiger charge is 2.35. The van der Waals surface area contributed by atoms with Gasteiger partial charge in [-0.2, -0.15) is 0 Å². The van der Waals surface area contributed by atoms with E-state index in [0.717, 1.165) is 5.56 Å². The number of carbonyl (C=O) groups excluding carboxylic acids is 2. The Labute approximate surface area is 184 Å². The van der Waals surface area contributed by atoms with Crippen LogP contribution in [0.2, 0.25) is 0 Å². The molecule has 9 heteroatoms. The Morgan fingerprint density at radius 3 is 2.56 bits per heavy atom. The maximum atomic E-state index is 13.0. The highest BCUT2D eigenvalue weighted by atomic mass is 16.4. The summed E-state index contributed by atoms with van der Waals surface area (Å²) in [6.45, 7) is 1.56. The number of nitrogens with zero attached hydrogens (tertiary/aromatic N) is 3. The summed E-state index contributed by atoms with van der Waals surface area (Å²) in [5.74, 6) is -0.366. The molecule has 0 spiro atoms. The van der Waals surface area contributed by atoms with Gasteiger partial charge < -0.3 is 14.2 Å². The van der Waals surface area contributed by atoms with Crippen molar-refractivity contribution in [3.63, 3.8) is 0 Å². The zero-order valence-corrected chi connectivity index (χ0v) is 17.4. The molecule has 2 fully saturated rings. The number of carbonyl (C=O) groups is 2. The summed E-state index contributed by atoms with van der Waals surface area (Å²) in [6.07, 6.45) is 4.14. The first kappa shape index (κ1) is 20.3. The number of hydrogen-bond donors (Lipinski definition) is 2. The standard InChI is InChI=1S/C23H23N5O4/c29-21(17-12-15-4-1-2-6-20(15)32-23(17)31)27-8-10-28(11-9-27)22(30)19-13-18(25-26-19)16-5-3-7-24-14-16/h1-7,12,14,18-19,25-26H,8-11,13H2. The number of nitrogens with one attached hydrogen (secondary N) is 2. The highest BCUT2D eigenvalue weighted by Crippen LogP contribution is 2.23. The van der Waals surface area contributed by atoms with Crippen molar-refractivity contribution in [2.24, 2.45) is 0 Å². The van der Waals surface area contributed by atoms with E-state index in [9.17, 15) is 14.4 Å². The van der Waals surface area contributed by atoms with Gasteiger partial charge in [0.1, 0.15) is 17.2 Å². The topological polar surface area (TPSA) is 108 Å². The van der Waals surface area contributed by atoms with Crippen LogP contribution in [0.3, 0.4) is 0 Å². The average Bonchev–Trinajstić information content (AvgIpc) is 3.34. The molecule has 5 rings (SSSR count). The Balaban J connectivity index is 1.21. The SMILES string of the molecule is O=C(c1cc2ccccc2oc1=O)N1CCN(C(=O)C2CC(c3cccnc3)NN2)CC1. The summed E-state index contributed by atoms with van der Waals surface area (Å²) in [5.41, 5.74) is 7.10. The minimum absolute atomic E-state index is 0.00112. The lowest BCUT2D eigenvalue weighted by Gasteiger charge is -2.35. The first-order valence-corrected chi connectivity index (χ1v) is 10.6. The van der Waals surface area contributed by atoms with E-state index in [1.165, 1.54) is 0 Å². The van der Waals surface area contributed by atoms with Gasteiger partial charge in [0, 0.05) is 50.0 Å².